The van der Waals surface area contributed by atoms with Gasteiger partial charge in [0.2, 0.25) is 0 Å². The monoisotopic (exact) mass is 271 g/mol. The largest absolute Gasteiger partial charge is 0.492 e. The molecule has 0 aliphatic heterocycles. The third kappa shape index (κ3) is 3.19. The van der Waals surface area contributed by atoms with E-state index in [4.69, 9.17) is 14.3 Å². The summed E-state index contributed by atoms with van der Waals surface area (Å²) >= 11 is 0. The van der Waals surface area contributed by atoms with Gasteiger partial charge in [-0.3, -0.25) is 0 Å². The molecule has 0 radical (unpaired) electrons. The number of aliphatic hydroxyl groups excluding tert-OH is 1. The topological polar surface area (TPSA) is 66.4 Å². The van der Waals surface area contributed by atoms with Crippen molar-refractivity contribution in [3.63, 3.8) is 0 Å². The predicted molar refractivity (Wildman–Crippen MR) is 75.1 cm³/mol. The Hall–Kier alpha value is -2.25. The van der Waals surface area contributed by atoms with Gasteiger partial charge in [0.25, 0.3) is 0 Å². The summed E-state index contributed by atoms with van der Waals surface area (Å²) in [6, 6.07) is 11.0. The molecule has 4 heteroatoms. The van der Waals surface area contributed by atoms with Gasteiger partial charge in [-0.15, -0.1) is 0 Å². The van der Waals surface area contributed by atoms with Gasteiger partial charge in [-0.2, -0.15) is 5.26 Å². The molecule has 0 saturated carbocycles. The highest BCUT2D eigenvalue weighted by molar-refractivity contribution is 5.63. The normalized spacial score (nSPS) is 10.6. The third-order valence-electron chi connectivity index (χ3n) is 2.77. The zero-order valence-electron chi connectivity index (χ0n) is 11.6. The lowest BCUT2D eigenvalue weighted by Crippen LogP contribution is -2.05. The van der Waals surface area contributed by atoms with Crippen LogP contribution >= 0.6 is 0 Å². The number of rotatable bonds is 5. The molecule has 1 heterocycles. The molecule has 1 N–H and O–H groups in total. The van der Waals surface area contributed by atoms with Crippen molar-refractivity contribution in [3.05, 3.63) is 41.7 Å². The van der Waals surface area contributed by atoms with Crippen molar-refractivity contribution in [2.75, 3.05) is 6.61 Å². The maximum Gasteiger partial charge on any atom is 0.137 e. The molecular weight excluding hydrogens is 254 g/mol. The molecule has 0 fully saturated rings. The quantitative estimate of drug-likeness (QED) is 0.905. The number of hydrogen-bond donors (Lipinski definition) is 1. The van der Waals surface area contributed by atoms with Gasteiger partial charge in [0.1, 0.15) is 29.9 Å². The fourth-order valence-electron chi connectivity index (χ4n) is 1.77. The van der Waals surface area contributed by atoms with Crippen LogP contribution in [0.1, 0.15) is 25.2 Å². The van der Waals surface area contributed by atoms with E-state index < -0.39 is 0 Å². The smallest absolute Gasteiger partial charge is 0.137 e. The Morgan fingerprint density at radius 1 is 1.30 bits per heavy atom. The van der Waals surface area contributed by atoms with E-state index in [2.05, 4.69) is 19.9 Å². The Labute approximate surface area is 118 Å². The van der Waals surface area contributed by atoms with Crippen molar-refractivity contribution in [3.8, 4) is 23.1 Å². The number of aliphatic hydroxyl groups is 1. The van der Waals surface area contributed by atoms with Crippen LogP contribution in [-0.2, 0) is 6.61 Å². The molecule has 1 aromatic carbocycles. The van der Waals surface area contributed by atoms with E-state index in [1.54, 1.807) is 24.3 Å². The maximum absolute atomic E-state index is 9.21. The number of nitrogens with zero attached hydrogens (tertiary/aromatic N) is 1. The lowest BCUT2D eigenvalue weighted by molar-refractivity contribution is 0.248. The van der Waals surface area contributed by atoms with Crippen LogP contribution in [0.25, 0.3) is 11.3 Å². The van der Waals surface area contributed by atoms with Gasteiger partial charge < -0.3 is 14.3 Å². The van der Waals surface area contributed by atoms with Crippen molar-refractivity contribution >= 4 is 0 Å². The molecule has 1 aromatic heterocycles. The average Bonchev–Trinajstić information content (AvgIpc) is 2.93. The van der Waals surface area contributed by atoms with E-state index in [9.17, 15) is 5.26 Å². The number of furan rings is 1. The van der Waals surface area contributed by atoms with E-state index >= 15 is 0 Å². The van der Waals surface area contributed by atoms with Crippen LogP contribution < -0.4 is 4.74 Å². The molecular formula is C16H17NO3. The summed E-state index contributed by atoms with van der Waals surface area (Å²) in [5.41, 5.74) is 1.27. The molecule has 0 aliphatic carbocycles. The SMILES string of the molecule is CC(C)COc1ccc(-c2ccc(CO)o2)cc1C#N. The second-order valence-electron chi connectivity index (χ2n) is 4.95. The molecule has 2 aromatic rings. The standard InChI is InChI=1S/C16H17NO3/c1-11(2)10-19-15-5-3-12(7-13(15)8-17)16-6-4-14(9-18)20-16/h3-7,11,18H,9-10H2,1-2H3. The van der Waals surface area contributed by atoms with Crippen LogP contribution in [0.4, 0.5) is 0 Å². The van der Waals surface area contributed by atoms with E-state index in [-0.39, 0.29) is 6.61 Å². The van der Waals surface area contributed by atoms with Crippen molar-refractivity contribution in [1.29, 1.82) is 5.26 Å². The summed E-state index contributed by atoms with van der Waals surface area (Å²) in [5.74, 6) is 2.11. The van der Waals surface area contributed by atoms with Crippen LogP contribution in [0.15, 0.2) is 34.7 Å². The molecule has 0 saturated heterocycles. The van der Waals surface area contributed by atoms with Crippen LogP contribution in [-0.4, -0.2) is 11.7 Å². The highest BCUT2D eigenvalue weighted by Crippen LogP contribution is 2.28. The number of hydrogen-bond acceptors (Lipinski definition) is 4. The van der Waals surface area contributed by atoms with Crippen molar-refractivity contribution in [1.82, 2.24) is 0 Å². The molecule has 104 valence electrons. The molecule has 0 amide bonds. The Bertz CT molecular complexity index is 623. The van der Waals surface area contributed by atoms with Gasteiger partial charge in [-0.25, -0.2) is 0 Å². The Balaban J connectivity index is 2.27. The summed E-state index contributed by atoms with van der Waals surface area (Å²) < 4.78 is 11.1. The second-order valence-corrected chi connectivity index (χ2v) is 4.95. The molecule has 0 spiro atoms. The first-order valence-electron chi connectivity index (χ1n) is 6.51. The Morgan fingerprint density at radius 3 is 2.70 bits per heavy atom. The van der Waals surface area contributed by atoms with E-state index in [0.717, 1.165) is 5.56 Å². The average molecular weight is 271 g/mol. The number of benzene rings is 1. The first kappa shape index (κ1) is 14.2. The lowest BCUT2D eigenvalue weighted by atomic mass is 10.1. The fraction of sp³-hybridized carbons (Fsp3) is 0.312. The minimum Gasteiger partial charge on any atom is -0.492 e. The predicted octanol–water partition coefficient (Wildman–Crippen LogP) is 3.35. The highest BCUT2D eigenvalue weighted by atomic mass is 16.5. The molecule has 0 atom stereocenters. The van der Waals surface area contributed by atoms with Gasteiger partial charge in [0.15, 0.2) is 0 Å². The van der Waals surface area contributed by atoms with E-state index in [1.807, 2.05) is 6.07 Å². The highest BCUT2D eigenvalue weighted by Gasteiger charge is 2.10. The van der Waals surface area contributed by atoms with Crippen molar-refractivity contribution in [2.24, 2.45) is 5.92 Å². The van der Waals surface area contributed by atoms with Gasteiger partial charge in [-0.05, 0) is 36.2 Å². The summed E-state index contributed by atoms with van der Waals surface area (Å²) in [7, 11) is 0. The zero-order valence-corrected chi connectivity index (χ0v) is 11.6. The van der Waals surface area contributed by atoms with Crippen LogP contribution in [0.3, 0.4) is 0 Å². The molecule has 0 aliphatic rings. The van der Waals surface area contributed by atoms with Gasteiger partial charge >= 0.3 is 0 Å². The summed E-state index contributed by atoms with van der Waals surface area (Å²) in [6.07, 6.45) is 0. The van der Waals surface area contributed by atoms with Crippen LogP contribution in [0, 0.1) is 17.2 Å². The first-order valence-corrected chi connectivity index (χ1v) is 6.51. The van der Waals surface area contributed by atoms with E-state index in [0.29, 0.717) is 35.4 Å². The summed E-state index contributed by atoms with van der Waals surface area (Å²) in [6.45, 7) is 4.55. The molecule has 0 unspecified atom stereocenters. The number of nitriles is 1. The van der Waals surface area contributed by atoms with Crippen LogP contribution in [0.5, 0.6) is 5.75 Å². The van der Waals surface area contributed by atoms with Gasteiger partial charge in [-0.1, -0.05) is 13.8 Å². The number of ether oxygens (including phenoxy) is 1. The molecule has 4 nitrogen and oxygen atoms in total. The fourth-order valence-corrected chi connectivity index (χ4v) is 1.77. The molecule has 2 rings (SSSR count). The molecule has 0 bridgehead atoms. The summed E-state index contributed by atoms with van der Waals surface area (Å²) in [4.78, 5) is 0. The third-order valence-corrected chi connectivity index (χ3v) is 2.77. The van der Waals surface area contributed by atoms with Crippen LogP contribution in [0.2, 0.25) is 0 Å². The first-order chi connectivity index (χ1) is 9.63. The zero-order chi connectivity index (χ0) is 14.5. The maximum atomic E-state index is 9.21. The second kappa shape index (κ2) is 6.27. The minimum absolute atomic E-state index is 0.138. The summed E-state index contributed by atoms with van der Waals surface area (Å²) in [5, 5.41) is 18.2. The van der Waals surface area contributed by atoms with E-state index in [1.165, 1.54) is 0 Å². The molecule has 20 heavy (non-hydrogen) atoms. The van der Waals surface area contributed by atoms with Gasteiger partial charge in [0, 0.05) is 5.56 Å². The van der Waals surface area contributed by atoms with Crippen molar-refractivity contribution in [2.45, 2.75) is 20.5 Å². The Morgan fingerprint density at radius 2 is 2.10 bits per heavy atom. The lowest BCUT2D eigenvalue weighted by Gasteiger charge is -2.10. The van der Waals surface area contributed by atoms with Crippen molar-refractivity contribution < 1.29 is 14.3 Å². The Kier molecular flexibility index (Phi) is 4.44. The van der Waals surface area contributed by atoms with Gasteiger partial charge in [0.05, 0.1) is 12.2 Å². The minimum atomic E-state index is -0.138.